The van der Waals surface area contributed by atoms with E-state index in [-0.39, 0.29) is 11.9 Å². The molecule has 3 nitrogen and oxygen atoms in total. The number of benzene rings is 1. The van der Waals surface area contributed by atoms with Crippen molar-refractivity contribution >= 4 is 17.2 Å². The molecule has 0 aliphatic carbocycles. The zero-order chi connectivity index (χ0) is 16.7. The Labute approximate surface area is 143 Å². The van der Waals surface area contributed by atoms with Crippen molar-refractivity contribution in [2.24, 2.45) is 0 Å². The number of carbonyl (C=O) groups excluding carboxylic acids is 1. The molecule has 1 N–H and O–H groups in total. The predicted octanol–water partition coefficient (Wildman–Crippen LogP) is 3.88. The van der Waals surface area contributed by atoms with E-state index in [0.717, 1.165) is 13.1 Å². The van der Waals surface area contributed by atoms with E-state index in [2.05, 4.69) is 53.7 Å². The van der Waals surface area contributed by atoms with Crippen LogP contribution < -0.4 is 5.32 Å². The van der Waals surface area contributed by atoms with Crippen LogP contribution in [0.15, 0.2) is 47.8 Å². The lowest BCUT2D eigenvalue weighted by Gasteiger charge is -2.27. The van der Waals surface area contributed by atoms with Gasteiger partial charge in [-0.3, -0.25) is 9.69 Å². The number of rotatable bonds is 8. The molecular formula is C19H26N2OS. The van der Waals surface area contributed by atoms with Crippen molar-refractivity contribution in [1.29, 1.82) is 0 Å². The van der Waals surface area contributed by atoms with Gasteiger partial charge in [-0.2, -0.15) is 0 Å². The summed E-state index contributed by atoms with van der Waals surface area (Å²) in [6, 6.07) is 14.4. The first-order valence-electron chi connectivity index (χ1n) is 8.21. The van der Waals surface area contributed by atoms with E-state index in [1.807, 2.05) is 25.1 Å². The topological polar surface area (TPSA) is 32.3 Å². The van der Waals surface area contributed by atoms with Crippen LogP contribution in [-0.2, 0) is 11.3 Å². The number of hydrogen-bond acceptors (Lipinski definition) is 3. The lowest BCUT2D eigenvalue weighted by molar-refractivity contribution is -0.126. The zero-order valence-electron chi connectivity index (χ0n) is 14.2. The molecule has 2 rings (SSSR count). The number of nitrogens with one attached hydrogen (secondary N) is 1. The Hall–Kier alpha value is -1.65. The smallest absolute Gasteiger partial charge is 0.237 e. The molecule has 0 fully saturated rings. The summed E-state index contributed by atoms with van der Waals surface area (Å²) in [6.45, 7) is 8.59. The molecule has 1 heterocycles. The molecule has 23 heavy (non-hydrogen) atoms. The summed E-state index contributed by atoms with van der Waals surface area (Å²) in [4.78, 5) is 16.0. The minimum atomic E-state index is -0.120. The van der Waals surface area contributed by atoms with Crippen molar-refractivity contribution in [3.8, 4) is 0 Å². The van der Waals surface area contributed by atoms with Crippen molar-refractivity contribution in [2.45, 2.75) is 39.3 Å². The number of nitrogens with zero attached hydrogens (tertiary/aromatic N) is 1. The molecule has 0 saturated carbocycles. The van der Waals surface area contributed by atoms with Gasteiger partial charge in [0.2, 0.25) is 5.91 Å². The van der Waals surface area contributed by atoms with Crippen LogP contribution in [0.4, 0.5) is 0 Å². The van der Waals surface area contributed by atoms with Crippen LogP contribution in [-0.4, -0.2) is 29.9 Å². The highest BCUT2D eigenvalue weighted by atomic mass is 32.1. The van der Waals surface area contributed by atoms with E-state index >= 15 is 0 Å². The lowest BCUT2D eigenvalue weighted by Crippen LogP contribution is -2.45. The standard InChI is InChI=1S/C19H26N2OS/c1-4-21(14-18-11-8-12-23-18)16(3)19(22)20-13-15(2)17-9-6-5-7-10-17/h5-12,15-16H,4,13-14H2,1-3H3,(H,20,22). The first-order valence-corrected chi connectivity index (χ1v) is 9.08. The van der Waals surface area contributed by atoms with E-state index in [1.165, 1.54) is 10.4 Å². The molecular weight excluding hydrogens is 304 g/mol. The molecule has 0 aliphatic rings. The third-order valence-electron chi connectivity index (χ3n) is 4.22. The first-order chi connectivity index (χ1) is 11.1. The zero-order valence-corrected chi connectivity index (χ0v) is 15.0. The normalized spacial score (nSPS) is 13.7. The van der Waals surface area contributed by atoms with Gasteiger partial charge in [-0.05, 0) is 36.4 Å². The number of hydrogen-bond donors (Lipinski definition) is 1. The number of likely N-dealkylation sites (N-methyl/N-ethyl adjacent to an activating group) is 1. The highest BCUT2D eigenvalue weighted by molar-refractivity contribution is 7.09. The van der Waals surface area contributed by atoms with Gasteiger partial charge in [-0.15, -0.1) is 11.3 Å². The molecule has 1 aromatic heterocycles. The van der Waals surface area contributed by atoms with Crippen molar-refractivity contribution in [3.05, 3.63) is 58.3 Å². The average Bonchev–Trinajstić information content (AvgIpc) is 3.10. The van der Waals surface area contributed by atoms with E-state index < -0.39 is 0 Å². The van der Waals surface area contributed by atoms with Crippen molar-refractivity contribution < 1.29 is 4.79 Å². The summed E-state index contributed by atoms with van der Waals surface area (Å²) in [5.41, 5.74) is 1.26. The van der Waals surface area contributed by atoms with Crippen LogP contribution in [0.25, 0.3) is 0 Å². The minimum Gasteiger partial charge on any atom is -0.354 e. The molecule has 0 bridgehead atoms. The van der Waals surface area contributed by atoms with Gasteiger partial charge in [-0.1, -0.05) is 50.2 Å². The Kier molecular flexibility index (Phi) is 6.81. The fourth-order valence-electron chi connectivity index (χ4n) is 2.59. The number of amides is 1. The van der Waals surface area contributed by atoms with Crippen LogP contribution in [0.1, 0.15) is 37.1 Å². The quantitative estimate of drug-likeness (QED) is 0.797. The van der Waals surface area contributed by atoms with E-state index in [1.54, 1.807) is 11.3 Å². The summed E-state index contributed by atoms with van der Waals surface area (Å²) in [5, 5.41) is 5.18. The fourth-order valence-corrected chi connectivity index (χ4v) is 3.32. The maximum Gasteiger partial charge on any atom is 0.237 e. The second kappa shape index (κ2) is 8.85. The second-order valence-corrected chi connectivity index (χ2v) is 6.91. The highest BCUT2D eigenvalue weighted by Crippen LogP contribution is 2.15. The third-order valence-corrected chi connectivity index (χ3v) is 5.08. The van der Waals surface area contributed by atoms with Gasteiger partial charge in [-0.25, -0.2) is 0 Å². The van der Waals surface area contributed by atoms with Crippen LogP contribution in [0.3, 0.4) is 0 Å². The summed E-state index contributed by atoms with van der Waals surface area (Å²) in [5.74, 6) is 0.422. The SMILES string of the molecule is CCN(Cc1cccs1)C(C)C(=O)NCC(C)c1ccccc1. The van der Waals surface area contributed by atoms with Crippen LogP contribution in [0.5, 0.6) is 0 Å². The van der Waals surface area contributed by atoms with Crippen LogP contribution in [0, 0.1) is 0 Å². The molecule has 1 aromatic carbocycles. The predicted molar refractivity (Wildman–Crippen MR) is 97.7 cm³/mol. The van der Waals surface area contributed by atoms with Crippen LogP contribution >= 0.6 is 11.3 Å². The summed E-state index contributed by atoms with van der Waals surface area (Å²) >= 11 is 1.74. The maximum atomic E-state index is 12.5. The lowest BCUT2D eigenvalue weighted by atomic mass is 10.0. The fraction of sp³-hybridized carbons (Fsp3) is 0.421. The molecule has 2 atom stereocenters. The van der Waals surface area contributed by atoms with Gasteiger partial charge < -0.3 is 5.32 Å². The molecule has 2 aromatic rings. The van der Waals surface area contributed by atoms with Gasteiger partial charge in [0.15, 0.2) is 0 Å². The Bertz CT molecular complexity index is 583. The summed E-state index contributed by atoms with van der Waals surface area (Å²) in [7, 11) is 0. The molecule has 124 valence electrons. The Morgan fingerprint density at radius 1 is 1.17 bits per heavy atom. The Balaban J connectivity index is 1.86. The van der Waals surface area contributed by atoms with Gasteiger partial charge >= 0.3 is 0 Å². The number of thiophene rings is 1. The molecule has 0 aliphatic heterocycles. The maximum absolute atomic E-state index is 12.5. The number of carbonyl (C=O) groups is 1. The van der Waals surface area contributed by atoms with Crippen molar-refractivity contribution in [3.63, 3.8) is 0 Å². The molecule has 0 saturated heterocycles. The third kappa shape index (κ3) is 5.19. The monoisotopic (exact) mass is 330 g/mol. The summed E-state index contributed by atoms with van der Waals surface area (Å²) in [6.07, 6.45) is 0. The molecule has 2 unspecified atom stereocenters. The van der Waals surface area contributed by atoms with Crippen molar-refractivity contribution in [2.75, 3.05) is 13.1 Å². The Morgan fingerprint density at radius 2 is 1.91 bits per heavy atom. The second-order valence-electron chi connectivity index (χ2n) is 5.88. The molecule has 0 spiro atoms. The highest BCUT2D eigenvalue weighted by Gasteiger charge is 2.20. The van der Waals surface area contributed by atoms with Gasteiger partial charge in [0, 0.05) is 18.0 Å². The summed E-state index contributed by atoms with van der Waals surface area (Å²) < 4.78 is 0. The largest absolute Gasteiger partial charge is 0.354 e. The Morgan fingerprint density at radius 3 is 2.52 bits per heavy atom. The van der Waals surface area contributed by atoms with E-state index in [4.69, 9.17) is 0 Å². The molecule has 0 radical (unpaired) electrons. The first kappa shape index (κ1) is 17.7. The van der Waals surface area contributed by atoms with Gasteiger partial charge in [0.1, 0.15) is 0 Å². The average molecular weight is 330 g/mol. The van der Waals surface area contributed by atoms with Gasteiger partial charge in [0.25, 0.3) is 0 Å². The van der Waals surface area contributed by atoms with E-state index in [0.29, 0.717) is 12.5 Å². The minimum absolute atomic E-state index is 0.103. The van der Waals surface area contributed by atoms with Crippen LogP contribution in [0.2, 0.25) is 0 Å². The molecule has 4 heteroatoms. The van der Waals surface area contributed by atoms with Crippen molar-refractivity contribution in [1.82, 2.24) is 10.2 Å². The van der Waals surface area contributed by atoms with Gasteiger partial charge in [0.05, 0.1) is 6.04 Å². The molecule has 1 amide bonds. The van der Waals surface area contributed by atoms with E-state index in [9.17, 15) is 4.79 Å².